The fraction of sp³-hybridized carbons (Fsp3) is 0.667. The van der Waals surface area contributed by atoms with Gasteiger partial charge in [0, 0.05) is 19.5 Å². The highest BCUT2D eigenvalue weighted by Gasteiger charge is 2.19. The number of alkyl carbamates (subject to hydrolysis) is 1. The molecule has 1 heterocycles. The molecule has 0 saturated heterocycles. The summed E-state index contributed by atoms with van der Waals surface area (Å²) in [5.41, 5.74) is 0.685. The molecule has 2 N–H and O–H groups in total. The van der Waals surface area contributed by atoms with Gasteiger partial charge in [-0.3, -0.25) is 9.69 Å². The minimum absolute atomic E-state index is 0.0801. The van der Waals surface area contributed by atoms with Crippen molar-refractivity contribution in [2.45, 2.75) is 52.7 Å². The van der Waals surface area contributed by atoms with Gasteiger partial charge in [-0.05, 0) is 56.3 Å². The summed E-state index contributed by atoms with van der Waals surface area (Å²) in [6.45, 7) is 12.3. The summed E-state index contributed by atoms with van der Waals surface area (Å²) >= 11 is 1.66. The lowest BCUT2D eigenvalue weighted by atomic mass is 10.1. The third-order valence-corrected chi connectivity index (χ3v) is 4.40. The molecule has 142 valence electrons. The Kier molecular flexibility index (Phi) is 8.92. The Labute approximate surface area is 154 Å². The monoisotopic (exact) mass is 369 g/mol. The summed E-state index contributed by atoms with van der Waals surface area (Å²) in [5.74, 6) is -0.0801. The molecule has 1 atom stereocenters. The van der Waals surface area contributed by atoms with Crippen molar-refractivity contribution >= 4 is 23.3 Å². The summed E-state index contributed by atoms with van der Waals surface area (Å²) in [5, 5.41) is 9.75. The lowest BCUT2D eigenvalue weighted by Crippen LogP contribution is -2.39. The molecule has 0 bridgehead atoms. The Morgan fingerprint density at radius 1 is 1.24 bits per heavy atom. The van der Waals surface area contributed by atoms with Crippen LogP contribution in [0.4, 0.5) is 4.79 Å². The Morgan fingerprint density at radius 3 is 2.44 bits per heavy atom. The number of nitrogens with zero attached hydrogens (tertiary/aromatic N) is 1. The second-order valence-corrected chi connectivity index (χ2v) is 7.56. The SMILES string of the molecule is CCN(CC)C(CNC(=O)CCNC(=O)OC(C)(C)C)c1ccsc1. The predicted octanol–water partition coefficient (Wildman–Crippen LogP) is 3.16. The molecule has 0 aromatic carbocycles. The van der Waals surface area contributed by atoms with Gasteiger partial charge in [0.15, 0.2) is 0 Å². The highest BCUT2D eigenvalue weighted by molar-refractivity contribution is 7.07. The summed E-state index contributed by atoms with van der Waals surface area (Å²) < 4.78 is 5.14. The molecule has 0 saturated carbocycles. The summed E-state index contributed by atoms with van der Waals surface area (Å²) in [7, 11) is 0. The number of carbonyl (C=O) groups is 2. The van der Waals surface area contributed by atoms with E-state index in [9.17, 15) is 9.59 Å². The van der Waals surface area contributed by atoms with Crippen molar-refractivity contribution in [3.8, 4) is 0 Å². The van der Waals surface area contributed by atoms with Crippen LogP contribution in [0.1, 0.15) is 52.6 Å². The van der Waals surface area contributed by atoms with Gasteiger partial charge in [0.2, 0.25) is 5.91 Å². The largest absolute Gasteiger partial charge is 0.444 e. The van der Waals surface area contributed by atoms with Gasteiger partial charge in [-0.2, -0.15) is 11.3 Å². The molecular formula is C18H31N3O3S. The zero-order valence-corrected chi connectivity index (χ0v) is 16.7. The van der Waals surface area contributed by atoms with Crippen LogP contribution in [0.15, 0.2) is 16.8 Å². The van der Waals surface area contributed by atoms with Crippen LogP contribution in [-0.4, -0.2) is 48.7 Å². The Bertz CT molecular complexity index is 522. The third kappa shape index (κ3) is 8.36. The minimum atomic E-state index is -0.538. The van der Waals surface area contributed by atoms with Gasteiger partial charge in [0.05, 0.1) is 6.04 Å². The van der Waals surface area contributed by atoms with Crippen molar-refractivity contribution in [1.29, 1.82) is 0 Å². The summed E-state index contributed by atoms with van der Waals surface area (Å²) in [4.78, 5) is 25.9. The van der Waals surface area contributed by atoms with Gasteiger partial charge in [-0.25, -0.2) is 4.79 Å². The molecule has 2 amide bonds. The second kappa shape index (κ2) is 10.4. The molecule has 7 heteroatoms. The van der Waals surface area contributed by atoms with Gasteiger partial charge in [-0.15, -0.1) is 0 Å². The molecule has 25 heavy (non-hydrogen) atoms. The van der Waals surface area contributed by atoms with Crippen LogP contribution >= 0.6 is 11.3 Å². The van der Waals surface area contributed by atoms with E-state index in [0.29, 0.717) is 6.54 Å². The van der Waals surface area contributed by atoms with Crippen molar-refractivity contribution in [3.63, 3.8) is 0 Å². The van der Waals surface area contributed by atoms with Crippen LogP contribution in [0, 0.1) is 0 Å². The van der Waals surface area contributed by atoms with Gasteiger partial charge < -0.3 is 15.4 Å². The molecule has 0 radical (unpaired) electrons. The normalized spacial score (nSPS) is 12.7. The van der Waals surface area contributed by atoms with E-state index in [1.807, 2.05) is 0 Å². The smallest absolute Gasteiger partial charge is 0.407 e. The van der Waals surface area contributed by atoms with Gasteiger partial charge in [0.25, 0.3) is 0 Å². The van der Waals surface area contributed by atoms with Crippen LogP contribution < -0.4 is 10.6 Å². The molecule has 1 aromatic heterocycles. The number of nitrogens with one attached hydrogen (secondary N) is 2. The molecule has 6 nitrogen and oxygen atoms in total. The topological polar surface area (TPSA) is 70.7 Å². The Balaban J connectivity index is 2.41. The number of carbonyl (C=O) groups excluding carboxylic acids is 2. The van der Waals surface area contributed by atoms with Crippen molar-refractivity contribution in [2.24, 2.45) is 0 Å². The van der Waals surface area contributed by atoms with Crippen LogP contribution in [-0.2, 0) is 9.53 Å². The first kappa shape index (κ1) is 21.4. The van der Waals surface area contributed by atoms with E-state index >= 15 is 0 Å². The first-order chi connectivity index (χ1) is 11.8. The fourth-order valence-corrected chi connectivity index (χ4v) is 3.18. The first-order valence-corrected chi connectivity index (χ1v) is 9.70. The van der Waals surface area contributed by atoms with E-state index < -0.39 is 11.7 Å². The Morgan fingerprint density at radius 2 is 1.92 bits per heavy atom. The van der Waals surface area contributed by atoms with E-state index in [-0.39, 0.29) is 24.9 Å². The van der Waals surface area contributed by atoms with Crippen LogP contribution in [0.5, 0.6) is 0 Å². The van der Waals surface area contributed by atoms with Crippen molar-refractivity contribution in [3.05, 3.63) is 22.4 Å². The van der Waals surface area contributed by atoms with E-state index in [4.69, 9.17) is 4.74 Å². The average Bonchev–Trinajstić information content (AvgIpc) is 3.03. The summed E-state index contributed by atoms with van der Waals surface area (Å²) in [6, 6.07) is 2.27. The molecule has 1 rings (SSSR count). The number of rotatable bonds is 9. The maximum absolute atomic E-state index is 12.1. The summed E-state index contributed by atoms with van der Waals surface area (Å²) in [6.07, 6.45) is -0.270. The second-order valence-electron chi connectivity index (χ2n) is 6.78. The average molecular weight is 370 g/mol. The van der Waals surface area contributed by atoms with Crippen LogP contribution in [0.25, 0.3) is 0 Å². The first-order valence-electron chi connectivity index (χ1n) is 8.76. The highest BCUT2D eigenvalue weighted by Crippen LogP contribution is 2.22. The molecule has 0 fully saturated rings. The maximum atomic E-state index is 12.1. The van der Waals surface area contributed by atoms with Crippen LogP contribution in [0.2, 0.25) is 0 Å². The number of likely N-dealkylation sites (N-methyl/N-ethyl adjacent to an activating group) is 1. The van der Waals surface area contributed by atoms with Crippen molar-refractivity contribution < 1.29 is 14.3 Å². The van der Waals surface area contributed by atoms with E-state index in [1.54, 1.807) is 32.1 Å². The number of ether oxygens (including phenoxy) is 1. The molecule has 1 aromatic rings. The van der Waals surface area contributed by atoms with E-state index in [0.717, 1.165) is 13.1 Å². The lowest BCUT2D eigenvalue weighted by Gasteiger charge is -2.29. The number of hydrogen-bond donors (Lipinski definition) is 2. The predicted molar refractivity (Wildman–Crippen MR) is 102 cm³/mol. The van der Waals surface area contributed by atoms with E-state index in [1.165, 1.54) is 5.56 Å². The standard InChI is InChI=1S/C18H31N3O3S/c1-6-21(7-2)15(14-9-11-25-13-14)12-20-16(22)8-10-19-17(23)24-18(3,4)5/h9,11,13,15H,6-8,10,12H2,1-5H3,(H,19,23)(H,20,22). The van der Waals surface area contributed by atoms with Gasteiger partial charge >= 0.3 is 6.09 Å². The highest BCUT2D eigenvalue weighted by atomic mass is 32.1. The molecule has 0 aliphatic heterocycles. The lowest BCUT2D eigenvalue weighted by molar-refractivity contribution is -0.121. The number of thiophene rings is 1. The number of hydrogen-bond acceptors (Lipinski definition) is 5. The van der Waals surface area contributed by atoms with Crippen LogP contribution in [0.3, 0.4) is 0 Å². The minimum Gasteiger partial charge on any atom is -0.444 e. The molecule has 1 unspecified atom stereocenters. The zero-order chi connectivity index (χ0) is 18.9. The molecular weight excluding hydrogens is 338 g/mol. The quantitative estimate of drug-likeness (QED) is 0.701. The Hall–Kier alpha value is -1.60. The van der Waals surface area contributed by atoms with Crippen molar-refractivity contribution in [1.82, 2.24) is 15.5 Å². The molecule has 0 spiro atoms. The molecule has 0 aliphatic rings. The van der Waals surface area contributed by atoms with Crippen molar-refractivity contribution in [2.75, 3.05) is 26.2 Å². The van der Waals surface area contributed by atoms with Gasteiger partial charge in [0.1, 0.15) is 5.60 Å². The maximum Gasteiger partial charge on any atom is 0.407 e. The molecule has 0 aliphatic carbocycles. The van der Waals surface area contributed by atoms with E-state index in [2.05, 4.69) is 46.2 Å². The van der Waals surface area contributed by atoms with Gasteiger partial charge in [-0.1, -0.05) is 13.8 Å². The fourth-order valence-electron chi connectivity index (χ4n) is 2.48. The third-order valence-electron chi connectivity index (χ3n) is 3.69. The zero-order valence-electron chi connectivity index (χ0n) is 15.9. The number of amides is 2.